The molecule has 3 amide bonds. The molecule has 33 heavy (non-hydrogen) atoms. The first-order chi connectivity index (χ1) is 15.6. The van der Waals surface area contributed by atoms with E-state index >= 15 is 0 Å². The number of piperidine rings is 1. The maximum atomic E-state index is 14.4. The molecule has 1 aromatic rings. The highest BCUT2D eigenvalue weighted by Gasteiger charge is 2.43. The molecule has 1 aromatic carbocycles. The Balaban J connectivity index is 1.60. The molecule has 3 rings (SSSR count). The summed E-state index contributed by atoms with van der Waals surface area (Å²) in [6, 6.07) is 1.35. The summed E-state index contributed by atoms with van der Waals surface area (Å²) in [4.78, 5) is 51.9. The number of nitrogens with one attached hydrogen (secondary N) is 1. The highest BCUT2D eigenvalue weighted by Crippen LogP contribution is 2.41. The van der Waals surface area contributed by atoms with Gasteiger partial charge in [-0.25, -0.2) is 13.6 Å². The molecule has 10 heteroatoms. The van der Waals surface area contributed by atoms with Gasteiger partial charge in [-0.2, -0.15) is 0 Å². The molecule has 8 nitrogen and oxygen atoms in total. The van der Waals surface area contributed by atoms with Crippen LogP contribution in [0.25, 0.3) is 0 Å². The summed E-state index contributed by atoms with van der Waals surface area (Å²) in [6.45, 7) is 4.39. The minimum absolute atomic E-state index is 0.190. The van der Waals surface area contributed by atoms with E-state index in [0.717, 1.165) is 12.5 Å². The van der Waals surface area contributed by atoms with Gasteiger partial charge in [0.1, 0.15) is 23.2 Å². The molecule has 0 saturated carbocycles. The minimum Gasteiger partial charge on any atom is -0.467 e. The zero-order valence-electron chi connectivity index (χ0n) is 19.1. The lowest BCUT2D eigenvalue weighted by Gasteiger charge is -2.39. The molecule has 0 aliphatic carbocycles. The number of nitrogens with zero attached hydrogens (tertiary/aromatic N) is 2. The Kier molecular flexibility index (Phi) is 7.34. The van der Waals surface area contributed by atoms with Gasteiger partial charge >= 0.3 is 5.97 Å². The monoisotopic (exact) mass is 465 g/mol. The van der Waals surface area contributed by atoms with Gasteiger partial charge in [0.25, 0.3) is 5.91 Å². The van der Waals surface area contributed by atoms with Gasteiger partial charge in [0.2, 0.25) is 11.8 Å². The van der Waals surface area contributed by atoms with E-state index in [-0.39, 0.29) is 23.3 Å². The Labute approximate surface area is 191 Å². The van der Waals surface area contributed by atoms with Crippen molar-refractivity contribution in [3.8, 4) is 0 Å². The zero-order chi connectivity index (χ0) is 24.3. The first kappa shape index (κ1) is 24.6. The van der Waals surface area contributed by atoms with E-state index in [1.807, 2.05) is 0 Å². The van der Waals surface area contributed by atoms with Crippen molar-refractivity contribution in [3.63, 3.8) is 0 Å². The van der Waals surface area contributed by atoms with Gasteiger partial charge < -0.3 is 19.9 Å². The summed E-state index contributed by atoms with van der Waals surface area (Å²) in [6.07, 6.45) is 1.74. The van der Waals surface area contributed by atoms with Gasteiger partial charge in [-0.1, -0.05) is 6.07 Å². The number of esters is 1. The Hall–Kier alpha value is -3.04. The van der Waals surface area contributed by atoms with E-state index in [1.165, 1.54) is 31.9 Å². The van der Waals surface area contributed by atoms with Gasteiger partial charge in [0, 0.05) is 33.1 Å². The fraction of sp³-hybridized carbons (Fsp3) is 0.565. The van der Waals surface area contributed by atoms with Crippen molar-refractivity contribution in [1.82, 2.24) is 15.1 Å². The number of amides is 3. The van der Waals surface area contributed by atoms with E-state index in [2.05, 4.69) is 10.1 Å². The quantitative estimate of drug-likeness (QED) is 0.669. The van der Waals surface area contributed by atoms with E-state index in [0.29, 0.717) is 39.0 Å². The number of benzene rings is 1. The molecular formula is C23H29F2N3O5. The molecule has 0 bridgehead atoms. The number of hydrogen-bond donors (Lipinski definition) is 1. The topological polar surface area (TPSA) is 96.0 Å². The van der Waals surface area contributed by atoms with E-state index < -0.39 is 41.0 Å². The third-order valence-corrected chi connectivity index (χ3v) is 6.64. The van der Waals surface area contributed by atoms with Crippen molar-refractivity contribution in [2.24, 2.45) is 5.41 Å². The largest absolute Gasteiger partial charge is 0.467 e. The molecule has 1 N–H and O–H groups in total. The van der Waals surface area contributed by atoms with Crippen LogP contribution in [0.4, 0.5) is 8.78 Å². The highest BCUT2D eigenvalue weighted by atomic mass is 19.1. The summed E-state index contributed by atoms with van der Waals surface area (Å²) in [5, 5.41) is 2.44. The smallest absolute Gasteiger partial charge is 0.328 e. The lowest BCUT2D eigenvalue weighted by Crippen LogP contribution is -2.46. The van der Waals surface area contributed by atoms with Crippen molar-refractivity contribution < 1.29 is 32.7 Å². The predicted octanol–water partition coefficient (Wildman–Crippen LogP) is 1.80. The first-order valence-electron chi connectivity index (χ1n) is 10.9. The second-order valence-corrected chi connectivity index (χ2v) is 8.89. The van der Waals surface area contributed by atoms with Crippen molar-refractivity contribution in [3.05, 3.63) is 34.9 Å². The highest BCUT2D eigenvalue weighted by molar-refractivity contribution is 5.95. The van der Waals surface area contributed by atoms with Crippen LogP contribution in [0.1, 0.15) is 48.5 Å². The number of carbonyl (C=O) groups excluding carboxylic acids is 4. The lowest BCUT2D eigenvalue weighted by atomic mass is 9.77. The fourth-order valence-electron chi connectivity index (χ4n) is 4.64. The molecule has 0 radical (unpaired) electrons. The molecule has 2 aliphatic heterocycles. The predicted molar refractivity (Wildman–Crippen MR) is 114 cm³/mol. The SMILES string of the molecule is COC(=O)[C@H](CC(=O)N1CCC2(CCN(C(=O)c3c(F)ccc(C)c3F)CC2)C1)NC(C)=O. The van der Waals surface area contributed by atoms with Crippen molar-refractivity contribution in [2.75, 3.05) is 33.3 Å². The number of hydrogen-bond acceptors (Lipinski definition) is 5. The Morgan fingerprint density at radius 3 is 2.27 bits per heavy atom. The van der Waals surface area contributed by atoms with Gasteiger partial charge in [-0.3, -0.25) is 14.4 Å². The average molecular weight is 465 g/mol. The van der Waals surface area contributed by atoms with Crippen LogP contribution in [0.2, 0.25) is 0 Å². The van der Waals surface area contributed by atoms with Crippen molar-refractivity contribution in [1.29, 1.82) is 0 Å². The van der Waals surface area contributed by atoms with Crippen LogP contribution in [0.5, 0.6) is 0 Å². The van der Waals surface area contributed by atoms with E-state index in [1.54, 1.807) is 4.90 Å². The van der Waals surface area contributed by atoms with Crippen LogP contribution in [0.3, 0.4) is 0 Å². The summed E-state index contributed by atoms with van der Waals surface area (Å²) in [5.74, 6) is -3.76. The summed E-state index contributed by atoms with van der Waals surface area (Å²) in [5.41, 5.74) is -0.506. The molecule has 2 aliphatic rings. The summed E-state index contributed by atoms with van der Waals surface area (Å²) < 4.78 is 33.2. The zero-order valence-corrected chi connectivity index (χ0v) is 19.1. The Bertz CT molecular complexity index is 960. The molecule has 2 fully saturated rings. The normalized spacial score (nSPS) is 18.2. The fourth-order valence-corrected chi connectivity index (χ4v) is 4.64. The molecule has 1 spiro atoms. The number of ether oxygens (including phenoxy) is 1. The summed E-state index contributed by atoms with van der Waals surface area (Å²) in [7, 11) is 1.19. The van der Waals surface area contributed by atoms with Gasteiger partial charge in [0.05, 0.1) is 13.5 Å². The maximum absolute atomic E-state index is 14.4. The van der Waals surface area contributed by atoms with Crippen LogP contribution in [0, 0.1) is 24.0 Å². The molecule has 1 atom stereocenters. The van der Waals surface area contributed by atoms with Crippen molar-refractivity contribution in [2.45, 2.75) is 45.6 Å². The van der Waals surface area contributed by atoms with Crippen LogP contribution >= 0.6 is 0 Å². The first-order valence-corrected chi connectivity index (χ1v) is 10.9. The standard InChI is InChI=1S/C23H29F2N3O5/c1-14-4-5-16(24)19(20(14)25)21(31)27-9-6-23(7-10-27)8-11-28(13-23)18(30)12-17(22(32)33-3)26-15(2)29/h4-5,17H,6-13H2,1-3H3,(H,26,29)/t17-/m0/s1. The molecule has 180 valence electrons. The number of carbonyl (C=O) groups is 4. The van der Waals surface area contributed by atoms with E-state index in [9.17, 15) is 28.0 Å². The van der Waals surface area contributed by atoms with Gasteiger partial charge in [-0.15, -0.1) is 0 Å². The molecule has 0 aromatic heterocycles. The summed E-state index contributed by atoms with van der Waals surface area (Å²) >= 11 is 0. The van der Waals surface area contributed by atoms with Gasteiger partial charge in [-0.05, 0) is 43.2 Å². The molecule has 0 unspecified atom stereocenters. The van der Waals surface area contributed by atoms with Crippen LogP contribution < -0.4 is 5.32 Å². The van der Waals surface area contributed by atoms with Gasteiger partial charge in [0.15, 0.2) is 0 Å². The average Bonchev–Trinajstić information content (AvgIpc) is 3.19. The lowest BCUT2D eigenvalue weighted by molar-refractivity contribution is -0.147. The molecule has 2 heterocycles. The third kappa shape index (κ3) is 5.31. The Morgan fingerprint density at radius 1 is 1.09 bits per heavy atom. The second-order valence-electron chi connectivity index (χ2n) is 8.89. The molecule has 2 saturated heterocycles. The molecular weight excluding hydrogens is 436 g/mol. The van der Waals surface area contributed by atoms with Crippen LogP contribution in [-0.4, -0.2) is 72.8 Å². The Morgan fingerprint density at radius 2 is 1.70 bits per heavy atom. The number of rotatable bonds is 5. The minimum atomic E-state index is -1.05. The van der Waals surface area contributed by atoms with Crippen molar-refractivity contribution >= 4 is 23.7 Å². The maximum Gasteiger partial charge on any atom is 0.328 e. The third-order valence-electron chi connectivity index (χ3n) is 6.64. The van der Waals surface area contributed by atoms with E-state index in [4.69, 9.17) is 0 Å². The van der Waals surface area contributed by atoms with Crippen LogP contribution in [-0.2, 0) is 19.1 Å². The number of methoxy groups -OCH3 is 1. The number of aryl methyl sites for hydroxylation is 1. The van der Waals surface area contributed by atoms with Crippen LogP contribution in [0.15, 0.2) is 12.1 Å². The number of likely N-dealkylation sites (tertiary alicyclic amines) is 2. The number of halogens is 2. The second kappa shape index (κ2) is 9.84.